The van der Waals surface area contributed by atoms with E-state index in [1.54, 1.807) is 14.2 Å². The molecule has 0 aliphatic heterocycles. The summed E-state index contributed by atoms with van der Waals surface area (Å²) >= 11 is 0. The van der Waals surface area contributed by atoms with E-state index in [-0.39, 0.29) is 0 Å². The number of rotatable bonds is 24. The van der Waals surface area contributed by atoms with Crippen molar-refractivity contribution in [3.63, 3.8) is 0 Å². The Labute approximate surface area is 276 Å². The Bertz CT molecular complexity index is 979. The van der Waals surface area contributed by atoms with Crippen molar-refractivity contribution in [2.45, 2.75) is 155 Å². The lowest BCUT2D eigenvalue weighted by Gasteiger charge is -2.19. The molecule has 0 unspecified atom stereocenters. The van der Waals surface area contributed by atoms with Crippen molar-refractivity contribution in [3.05, 3.63) is 47.5 Å². The van der Waals surface area contributed by atoms with Gasteiger partial charge in [0.15, 0.2) is 0 Å². The standard InChI is InChI=1S/C40H64O2Si2/c1-7-11-15-19-29-43(30-20-16-12-8-2)39-27-25-37(41-5)33-35(39)23-24-36-34-38(42-6)26-28-40(36)44(31-21-17-13-9-3)32-22-18-14-10-4/h25-28,33-34H,7-22,29-32H2,1-6H3. The molecule has 0 N–H and O–H groups in total. The van der Waals surface area contributed by atoms with Gasteiger partial charge in [-0.05, 0) is 34.6 Å². The summed E-state index contributed by atoms with van der Waals surface area (Å²) in [4.78, 5) is 0. The van der Waals surface area contributed by atoms with Crippen molar-refractivity contribution in [1.29, 1.82) is 0 Å². The van der Waals surface area contributed by atoms with E-state index in [0.29, 0.717) is 0 Å². The third-order valence-corrected chi connectivity index (χ3v) is 15.1. The van der Waals surface area contributed by atoms with Crippen LogP contribution in [0.15, 0.2) is 36.4 Å². The zero-order valence-electron chi connectivity index (χ0n) is 29.4. The van der Waals surface area contributed by atoms with Gasteiger partial charge >= 0.3 is 0 Å². The lowest BCUT2D eigenvalue weighted by atomic mass is 10.1. The third-order valence-electron chi connectivity index (χ3n) is 8.88. The summed E-state index contributed by atoms with van der Waals surface area (Å²) in [5.74, 6) is 9.32. The molecular weight excluding hydrogens is 569 g/mol. The Morgan fingerprint density at radius 1 is 0.455 bits per heavy atom. The fourth-order valence-electron chi connectivity index (χ4n) is 6.11. The molecule has 0 saturated heterocycles. The first-order valence-corrected chi connectivity index (χ1v) is 22.0. The van der Waals surface area contributed by atoms with Gasteiger partial charge in [-0.2, -0.15) is 0 Å². The maximum absolute atomic E-state index is 5.72. The minimum absolute atomic E-state index is 0.690. The lowest BCUT2D eigenvalue weighted by Crippen LogP contribution is -2.33. The minimum atomic E-state index is -0.690. The number of hydrogen-bond acceptors (Lipinski definition) is 2. The number of unbranched alkanes of at least 4 members (excludes halogenated alkanes) is 12. The Morgan fingerprint density at radius 3 is 1.05 bits per heavy atom. The number of methoxy groups -OCH3 is 2. The molecule has 0 aliphatic rings. The third kappa shape index (κ3) is 14.4. The van der Waals surface area contributed by atoms with Gasteiger partial charge in [-0.3, -0.25) is 0 Å². The molecule has 2 radical (unpaired) electrons. The van der Waals surface area contributed by atoms with Crippen LogP contribution >= 0.6 is 0 Å². The average Bonchev–Trinajstić information content (AvgIpc) is 3.05. The molecule has 0 spiro atoms. The van der Waals surface area contributed by atoms with Gasteiger partial charge in [0.05, 0.1) is 31.8 Å². The minimum Gasteiger partial charge on any atom is -0.497 e. The number of hydrogen-bond donors (Lipinski definition) is 0. The van der Waals surface area contributed by atoms with Gasteiger partial charge in [-0.1, -0.05) is 179 Å². The van der Waals surface area contributed by atoms with Crippen molar-refractivity contribution in [3.8, 4) is 23.3 Å². The average molecular weight is 633 g/mol. The summed E-state index contributed by atoms with van der Waals surface area (Å²) < 4.78 is 11.4. The van der Waals surface area contributed by atoms with Crippen LogP contribution in [0, 0.1) is 11.8 Å². The molecule has 0 saturated carbocycles. The molecule has 0 bridgehead atoms. The van der Waals surface area contributed by atoms with Gasteiger partial charge < -0.3 is 9.47 Å². The van der Waals surface area contributed by atoms with Gasteiger partial charge in [0.1, 0.15) is 11.5 Å². The maximum Gasteiger partial charge on any atom is 0.120 e. The summed E-state index contributed by atoms with van der Waals surface area (Å²) in [7, 11) is 2.17. The van der Waals surface area contributed by atoms with Crippen LogP contribution in [0.5, 0.6) is 11.5 Å². The van der Waals surface area contributed by atoms with E-state index < -0.39 is 17.6 Å². The predicted molar refractivity (Wildman–Crippen MR) is 199 cm³/mol. The summed E-state index contributed by atoms with van der Waals surface area (Å²) in [5, 5.41) is 3.04. The van der Waals surface area contributed by atoms with E-state index in [2.05, 4.69) is 75.9 Å². The van der Waals surface area contributed by atoms with Gasteiger partial charge in [0.2, 0.25) is 0 Å². The van der Waals surface area contributed by atoms with Crippen LogP contribution in [0.1, 0.15) is 142 Å². The molecular formula is C40H64O2Si2. The first-order chi connectivity index (χ1) is 21.6. The van der Waals surface area contributed by atoms with Crippen LogP contribution in [-0.4, -0.2) is 31.8 Å². The fourth-order valence-corrected chi connectivity index (χ4v) is 12.1. The van der Waals surface area contributed by atoms with E-state index in [4.69, 9.17) is 9.47 Å². The molecule has 0 aliphatic carbocycles. The van der Waals surface area contributed by atoms with Gasteiger partial charge in [0, 0.05) is 11.1 Å². The summed E-state index contributed by atoms with van der Waals surface area (Å²) in [6.07, 6.45) is 21.3. The molecule has 0 atom stereocenters. The number of ether oxygens (including phenoxy) is 2. The first kappa shape index (κ1) is 38.2. The van der Waals surface area contributed by atoms with Crippen LogP contribution in [0.25, 0.3) is 0 Å². The molecule has 2 nitrogen and oxygen atoms in total. The smallest absolute Gasteiger partial charge is 0.120 e. The van der Waals surface area contributed by atoms with E-state index in [1.807, 2.05) is 0 Å². The molecule has 0 fully saturated rings. The second-order valence-corrected chi connectivity index (χ2v) is 18.0. The Kier molecular flexibility index (Phi) is 21.1. The normalized spacial score (nSPS) is 11.2. The van der Waals surface area contributed by atoms with E-state index in [0.717, 1.165) is 11.5 Å². The summed E-state index contributed by atoms with van der Waals surface area (Å²) in [6.45, 7) is 9.24. The second kappa shape index (κ2) is 24.3. The van der Waals surface area contributed by atoms with Crippen molar-refractivity contribution in [2.24, 2.45) is 0 Å². The largest absolute Gasteiger partial charge is 0.497 e. The maximum atomic E-state index is 5.72. The second-order valence-electron chi connectivity index (χ2n) is 12.5. The number of benzene rings is 2. The monoisotopic (exact) mass is 632 g/mol. The molecule has 44 heavy (non-hydrogen) atoms. The molecule has 244 valence electrons. The van der Waals surface area contributed by atoms with Gasteiger partial charge in [0.25, 0.3) is 0 Å². The molecule has 2 aromatic rings. The zero-order valence-corrected chi connectivity index (χ0v) is 31.4. The van der Waals surface area contributed by atoms with Crippen molar-refractivity contribution in [1.82, 2.24) is 0 Å². The molecule has 4 heteroatoms. The zero-order chi connectivity index (χ0) is 31.8. The van der Waals surface area contributed by atoms with E-state index >= 15 is 0 Å². The van der Waals surface area contributed by atoms with Crippen LogP contribution in [0.4, 0.5) is 0 Å². The Morgan fingerprint density at radius 2 is 0.773 bits per heavy atom. The van der Waals surface area contributed by atoms with E-state index in [9.17, 15) is 0 Å². The highest BCUT2D eigenvalue weighted by molar-refractivity contribution is 6.74. The fraction of sp³-hybridized carbons (Fsp3) is 0.650. The lowest BCUT2D eigenvalue weighted by molar-refractivity contribution is 0.414. The molecule has 2 aromatic carbocycles. The van der Waals surface area contributed by atoms with Crippen LogP contribution < -0.4 is 19.8 Å². The SMILES string of the molecule is CCCCCC[Si](CCCCCC)c1ccc(OC)cc1C#Cc1cc(OC)ccc1[Si](CCCCCC)CCCCCC. The van der Waals surface area contributed by atoms with Gasteiger partial charge in [-0.15, -0.1) is 0 Å². The van der Waals surface area contributed by atoms with Gasteiger partial charge in [-0.25, -0.2) is 0 Å². The quantitative estimate of drug-likeness (QED) is 0.0651. The summed E-state index contributed by atoms with van der Waals surface area (Å²) in [5.41, 5.74) is 2.38. The van der Waals surface area contributed by atoms with E-state index in [1.165, 1.54) is 148 Å². The molecule has 0 aromatic heterocycles. The van der Waals surface area contributed by atoms with Crippen molar-refractivity contribution >= 4 is 28.0 Å². The van der Waals surface area contributed by atoms with Crippen LogP contribution in [-0.2, 0) is 0 Å². The topological polar surface area (TPSA) is 18.5 Å². The highest BCUT2D eigenvalue weighted by Crippen LogP contribution is 2.21. The first-order valence-electron chi connectivity index (χ1n) is 18.2. The highest BCUT2D eigenvalue weighted by Gasteiger charge is 2.19. The van der Waals surface area contributed by atoms with Crippen LogP contribution in [0.3, 0.4) is 0 Å². The van der Waals surface area contributed by atoms with Crippen molar-refractivity contribution in [2.75, 3.05) is 14.2 Å². The predicted octanol–water partition coefficient (Wildman–Crippen LogP) is 10.8. The Balaban J connectivity index is 2.49. The highest BCUT2D eigenvalue weighted by atomic mass is 28.3. The summed E-state index contributed by atoms with van der Waals surface area (Å²) in [6, 6.07) is 18.9. The van der Waals surface area contributed by atoms with Crippen molar-refractivity contribution < 1.29 is 9.47 Å². The molecule has 0 amide bonds. The molecule has 2 rings (SSSR count). The molecule has 0 heterocycles. The Hall–Kier alpha value is -1.97. The van der Waals surface area contributed by atoms with Crippen LogP contribution in [0.2, 0.25) is 24.2 Å².